The van der Waals surface area contributed by atoms with Gasteiger partial charge in [0.05, 0.1) is 6.54 Å². The van der Waals surface area contributed by atoms with Gasteiger partial charge in [-0.05, 0) is 36.8 Å². The van der Waals surface area contributed by atoms with Gasteiger partial charge in [0.15, 0.2) is 0 Å². The number of halogens is 2. The molecule has 1 saturated heterocycles. The first-order valence-electron chi connectivity index (χ1n) is 9.95. The molecule has 2 aromatic rings. The minimum atomic E-state index is 0. The molecule has 29 heavy (non-hydrogen) atoms. The van der Waals surface area contributed by atoms with E-state index >= 15 is 0 Å². The molecule has 1 fully saturated rings. The molecule has 1 aliphatic rings. The molecule has 1 atom stereocenters. The molecule has 4 nitrogen and oxygen atoms in total. The maximum atomic E-state index is 12.9. The van der Waals surface area contributed by atoms with Crippen LogP contribution in [0, 0.1) is 5.92 Å². The van der Waals surface area contributed by atoms with E-state index in [1.165, 1.54) is 11.1 Å². The number of carbonyl (C=O) groups excluding carboxylic acids is 1. The van der Waals surface area contributed by atoms with Crippen LogP contribution in [-0.4, -0.2) is 41.4 Å². The Morgan fingerprint density at radius 2 is 1.41 bits per heavy atom. The third-order valence-corrected chi connectivity index (χ3v) is 5.49. The van der Waals surface area contributed by atoms with E-state index in [4.69, 9.17) is 5.73 Å². The fraction of sp³-hybridized carbons (Fsp3) is 0.435. The lowest BCUT2D eigenvalue weighted by atomic mass is 9.91. The second-order valence-corrected chi connectivity index (χ2v) is 7.69. The number of carbonyl (C=O) groups is 1. The molecule has 160 valence electrons. The van der Waals surface area contributed by atoms with E-state index in [0.29, 0.717) is 12.5 Å². The van der Waals surface area contributed by atoms with Crippen molar-refractivity contribution in [1.82, 2.24) is 9.80 Å². The summed E-state index contributed by atoms with van der Waals surface area (Å²) in [5.41, 5.74) is 8.50. The Bertz CT molecular complexity index is 663. The fourth-order valence-corrected chi connectivity index (χ4v) is 3.82. The van der Waals surface area contributed by atoms with Gasteiger partial charge in [-0.25, -0.2) is 0 Å². The van der Waals surface area contributed by atoms with Crippen LogP contribution in [-0.2, 0) is 17.9 Å². The van der Waals surface area contributed by atoms with Crippen molar-refractivity contribution >= 4 is 30.7 Å². The minimum Gasteiger partial charge on any atom is -0.342 e. The number of piperidine rings is 1. The van der Waals surface area contributed by atoms with Crippen molar-refractivity contribution in [3.05, 3.63) is 71.8 Å². The predicted molar refractivity (Wildman–Crippen MR) is 124 cm³/mol. The number of nitrogens with zero attached hydrogens (tertiary/aromatic N) is 2. The lowest BCUT2D eigenvalue weighted by Crippen LogP contribution is -2.46. The number of likely N-dealkylation sites (tertiary alicyclic amines) is 1. The summed E-state index contributed by atoms with van der Waals surface area (Å²) in [4.78, 5) is 17.2. The Morgan fingerprint density at radius 1 is 0.966 bits per heavy atom. The van der Waals surface area contributed by atoms with Crippen LogP contribution in [0.1, 0.15) is 30.9 Å². The molecule has 0 spiro atoms. The molecular formula is C23H33Cl2N3O. The van der Waals surface area contributed by atoms with Gasteiger partial charge >= 0.3 is 0 Å². The van der Waals surface area contributed by atoms with Crippen LogP contribution in [0.15, 0.2) is 60.7 Å². The number of benzene rings is 2. The first-order chi connectivity index (χ1) is 13.1. The highest BCUT2D eigenvalue weighted by molar-refractivity contribution is 5.85. The molecule has 2 N–H and O–H groups in total. The zero-order valence-electron chi connectivity index (χ0n) is 17.1. The van der Waals surface area contributed by atoms with Crippen molar-refractivity contribution in [1.29, 1.82) is 0 Å². The average molecular weight is 438 g/mol. The van der Waals surface area contributed by atoms with Gasteiger partial charge in [0.25, 0.3) is 0 Å². The van der Waals surface area contributed by atoms with Gasteiger partial charge in [-0.2, -0.15) is 0 Å². The molecular weight excluding hydrogens is 405 g/mol. The predicted octanol–water partition coefficient (Wildman–Crippen LogP) is 4.12. The lowest BCUT2D eigenvalue weighted by molar-refractivity contribution is -0.134. The summed E-state index contributed by atoms with van der Waals surface area (Å²) in [5, 5.41) is 0. The number of rotatable bonds is 7. The number of amides is 1. The Morgan fingerprint density at radius 3 is 1.83 bits per heavy atom. The minimum absolute atomic E-state index is 0. The van der Waals surface area contributed by atoms with Crippen LogP contribution in [0.25, 0.3) is 0 Å². The highest BCUT2D eigenvalue weighted by Crippen LogP contribution is 2.20. The van der Waals surface area contributed by atoms with Gasteiger partial charge in [-0.3, -0.25) is 9.69 Å². The number of hydrogen-bond donors (Lipinski definition) is 1. The quantitative estimate of drug-likeness (QED) is 0.708. The highest BCUT2D eigenvalue weighted by atomic mass is 35.5. The van der Waals surface area contributed by atoms with Gasteiger partial charge in [-0.1, -0.05) is 60.7 Å². The second-order valence-electron chi connectivity index (χ2n) is 7.69. The van der Waals surface area contributed by atoms with E-state index in [0.717, 1.165) is 39.0 Å². The van der Waals surface area contributed by atoms with E-state index in [9.17, 15) is 4.79 Å². The van der Waals surface area contributed by atoms with Crippen LogP contribution in [0.5, 0.6) is 0 Å². The van der Waals surface area contributed by atoms with E-state index in [2.05, 4.69) is 60.4 Å². The Balaban J connectivity index is 0.00000210. The van der Waals surface area contributed by atoms with Crippen molar-refractivity contribution in [2.75, 3.05) is 19.6 Å². The molecule has 1 aliphatic heterocycles. The van der Waals surface area contributed by atoms with Crippen LogP contribution < -0.4 is 5.73 Å². The van der Waals surface area contributed by atoms with Crippen LogP contribution in [0.3, 0.4) is 0 Å². The summed E-state index contributed by atoms with van der Waals surface area (Å²) in [7, 11) is 0. The smallest absolute Gasteiger partial charge is 0.236 e. The Hall–Kier alpha value is -1.59. The molecule has 0 saturated carbocycles. The van der Waals surface area contributed by atoms with Gasteiger partial charge in [-0.15, -0.1) is 24.8 Å². The van der Waals surface area contributed by atoms with E-state index in [1.807, 2.05) is 17.0 Å². The summed E-state index contributed by atoms with van der Waals surface area (Å²) in [6.45, 7) is 5.73. The van der Waals surface area contributed by atoms with Gasteiger partial charge < -0.3 is 10.6 Å². The summed E-state index contributed by atoms with van der Waals surface area (Å²) >= 11 is 0. The standard InChI is InChI=1S/C23H31N3O.2ClH/c1-19(24)22-12-14-26(15-13-22)23(27)18-25(16-20-8-4-2-5-9-20)17-21-10-6-3-7-11-21;;/h2-11,19,22H,12-18,24H2,1H3;2*1H. The van der Waals surface area contributed by atoms with Crippen LogP contribution in [0.2, 0.25) is 0 Å². The third kappa shape index (κ3) is 7.98. The fourth-order valence-electron chi connectivity index (χ4n) is 3.82. The molecule has 1 amide bonds. The van der Waals surface area contributed by atoms with E-state index in [1.54, 1.807) is 0 Å². The molecule has 0 aliphatic carbocycles. The van der Waals surface area contributed by atoms with Gasteiger partial charge in [0.1, 0.15) is 0 Å². The first-order valence-corrected chi connectivity index (χ1v) is 9.95. The molecule has 1 unspecified atom stereocenters. The summed E-state index contributed by atoms with van der Waals surface area (Å²) in [6, 6.07) is 21.0. The van der Waals surface area contributed by atoms with Crippen molar-refractivity contribution in [3.8, 4) is 0 Å². The van der Waals surface area contributed by atoms with Crippen molar-refractivity contribution < 1.29 is 4.79 Å². The topological polar surface area (TPSA) is 49.6 Å². The monoisotopic (exact) mass is 437 g/mol. The first kappa shape index (κ1) is 25.4. The van der Waals surface area contributed by atoms with Crippen LogP contribution >= 0.6 is 24.8 Å². The molecule has 0 bridgehead atoms. The highest BCUT2D eigenvalue weighted by Gasteiger charge is 2.25. The molecule has 2 aromatic carbocycles. The van der Waals surface area contributed by atoms with Gasteiger partial charge in [0.2, 0.25) is 5.91 Å². The normalized spacial score (nSPS) is 15.3. The maximum absolute atomic E-state index is 12.9. The maximum Gasteiger partial charge on any atom is 0.236 e. The van der Waals surface area contributed by atoms with Gasteiger partial charge in [0, 0.05) is 32.2 Å². The lowest BCUT2D eigenvalue weighted by Gasteiger charge is -2.35. The number of nitrogens with two attached hydrogens (primary N) is 1. The van der Waals surface area contributed by atoms with Crippen molar-refractivity contribution in [3.63, 3.8) is 0 Å². The summed E-state index contributed by atoms with van der Waals surface area (Å²) in [5.74, 6) is 0.767. The second kappa shape index (κ2) is 12.9. The van der Waals surface area contributed by atoms with Crippen molar-refractivity contribution in [2.24, 2.45) is 11.7 Å². The molecule has 1 heterocycles. The SMILES string of the molecule is CC(N)C1CCN(C(=O)CN(Cc2ccccc2)Cc2ccccc2)CC1.Cl.Cl. The third-order valence-electron chi connectivity index (χ3n) is 5.49. The largest absolute Gasteiger partial charge is 0.342 e. The average Bonchev–Trinajstić information content (AvgIpc) is 2.69. The van der Waals surface area contributed by atoms with E-state index < -0.39 is 0 Å². The zero-order valence-corrected chi connectivity index (χ0v) is 18.7. The molecule has 0 radical (unpaired) electrons. The Labute approximate surface area is 187 Å². The Kier molecular flexibility index (Phi) is 11.3. The zero-order chi connectivity index (χ0) is 19.1. The van der Waals surface area contributed by atoms with Crippen LogP contribution in [0.4, 0.5) is 0 Å². The molecule has 6 heteroatoms. The van der Waals surface area contributed by atoms with Crippen molar-refractivity contribution in [2.45, 2.75) is 38.9 Å². The number of hydrogen-bond acceptors (Lipinski definition) is 3. The summed E-state index contributed by atoms with van der Waals surface area (Å²) < 4.78 is 0. The molecule has 3 rings (SSSR count). The van der Waals surface area contributed by atoms with E-state index in [-0.39, 0.29) is 36.8 Å². The molecule has 0 aromatic heterocycles. The summed E-state index contributed by atoms with van der Waals surface area (Å²) in [6.07, 6.45) is 2.03.